The number of hydrogen-bond donors (Lipinski definition) is 4. The molecule has 5 aromatic carbocycles. The number of amides is 3. The van der Waals surface area contributed by atoms with E-state index in [0.29, 0.717) is 37.4 Å². The maximum absolute atomic E-state index is 13.8. The molecule has 5 aromatic rings. The van der Waals surface area contributed by atoms with Crippen LogP contribution in [0.4, 0.5) is 10.5 Å². The number of anilines is 1. The maximum atomic E-state index is 13.8. The van der Waals surface area contributed by atoms with Crippen molar-refractivity contribution in [3.05, 3.63) is 167 Å². The number of carbonyl (C=O) groups excluding carboxylic acids is 3. The maximum Gasteiger partial charge on any atom is 0.422 e. The first kappa shape index (κ1) is 40.9. The summed E-state index contributed by atoms with van der Waals surface area (Å²) in [6.45, 7) is 6.25. The van der Waals surface area contributed by atoms with Crippen molar-refractivity contribution < 1.29 is 23.9 Å². The predicted octanol–water partition coefficient (Wildman–Crippen LogP) is 7.78. The van der Waals surface area contributed by atoms with Gasteiger partial charge in [0.05, 0.1) is 23.0 Å². The number of benzene rings is 5. The number of hydrogen-bond acceptors (Lipinski definition) is 8. The molecule has 10 nitrogen and oxygen atoms in total. The Hall–Kier alpha value is -5.78. The van der Waals surface area contributed by atoms with Crippen LogP contribution in [-0.2, 0) is 20.7 Å². The Labute approximate surface area is 339 Å². The molecule has 0 radical (unpaired) electrons. The van der Waals surface area contributed by atoms with Gasteiger partial charge in [0.2, 0.25) is 5.91 Å². The van der Waals surface area contributed by atoms with Gasteiger partial charge >= 0.3 is 6.09 Å². The second kappa shape index (κ2) is 18.4. The van der Waals surface area contributed by atoms with Crippen LogP contribution in [0, 0.1) is 0 Å². The highest BCUT2D eigenvalue weighted by Gasteiger charge is 2.37. The minimum atomic E-state index is -0.964. The summed E-state index contributed by atoms with van der Waals surface area (Å²) in [7, 11) is 0. The van der Waals surface area contributed by atoms with E-state index in [-0.39, 0.29) is 18.0 Å². The van der Waals surface area contributed by atoms with Crippen molar-refractivity contribution in [2.24, 2.45) is 5.73 Å². The third-order valence-electron chi connectivity index (χ3n) is 9.77. The van der Waals surface area contributed by atoms with Crippen LogP contribution in [0.2, 0.25) is 0 Å². The summed E-state index contributed by atoms with van der Waals surface area (Å²) >= 11 is 1.85. The Kier molecular flexibility index (Phi) is 13.2. The summed E-state index contributed by atoms with van der Waals surface area (Å²) < 4.78 is 11.4. The third-order valence-corrected chi connectivity index (χ3v) is 11.4. The van der Waals surface area contributed by atoms with E-state index in [9.17, 15) is 14.4 Å². The van der Waals surface area contributed by atoms with E-state index in [1.54, 1.807) is 36.4 Å². The molecule has 0 unspecified atom stereocenters. The third kappa shape index (κ3) is 10.2. The van der Waals surface area contributed by atoms with Crippen LogP contribution in [0.5, 0.6) is 5.75 Å². The van der Waals surface area contributed by atoms with Gasteiger partial charge in [0.25, 0.3) is 5.91 Å². The monoisotopic (exact) mass is 785 g/mol. The number of ether oxygens (including phenoxy) is 2. The van der Waals surface area contributed by atoms with Gasteiger partial charge in [-0.2, -0.15) is 0 Å². The molecule has 0 bridgehead atoms. The molecule has 1 heterocycles. The normalized spacial score (nSPS) is 14.5. The Morgan fingerprint density at radius 3 is 1.95 bits per heavy atom. The zero-order valence-corrected chi connectivity index (χ0v) is 33.5. The molecule has 0 fully saturated rings. The van der Waals surface area contributed by atoms with Gasteiger partial charge in [-0.1, -0.05) is 115 Å². The van der Waals surface area contributed by atoms with Gasteiger partial charge < -0.3 is 26.3 Å². The number of rotatable bonds is 15. The zero-order chi connectivity index (χ0) is 40.4. The van der Waals surface area contributed by atoms with Crippen molar-refractivity contribution in [2.45, 2.75) is 62.5 Å². The highest BCUT2D eigenvalue weighted by molar-refractivity contribution is 8.00. The lowest BCUT2D eigenvalue weighted by molar-refractivity contribution is -0.119. The number of thioether (sulfide) groups is 1. The largest absolute Gasteiger partial charge is 0.492 e. The first-order valence-electron chi connectivity index (χ1n) is 19.2. The van der Waals surface area contributed by atoms with Crippen molar-refractivity contribution in [1.29, 1.82) is 0 Å². The van der Waals surface area contributed by atoms with Gasteiger partial charge in [0.15, 0.2) is 0 Å². The Bertz CT molecular complexity index is 2010. The van der Waals surface area contributed by atoms with E-state index >= 15 is 0 Å². The minimum Gasteiger partial charge on any atom is -0.492 e. The molecular formula is C46H51N5O5S. The molecule has 296 valence electrons. The molecule has 3 amide bonds. The van der Waals surface area contributed by atoms with Gasteiger partial charge in [-0.05, 0) is 73.4 Å². The van der Waals surface area contributed by atoms with Crippen molar-refractivity contribution in [3.8, 4) is 5.75 Å². The molecule has 1 aliphatic heterocycles. The topological polar surface area (TPSA) is 149 Å². The Balaban J connectivity index is 1.26. The lowest BCUT2D eigenvalue weighted by Crippen LogP contribution is -2.48. The first-order chi connectivity index (χ1) is 27.4. The number of hydrazine groups is 1. The Morgan fingerprint density at radius 2 is 1.40 bits per heavy atom. The summed E-state index contributed by atoms with van der Waals surface area (Å²) in [5.74, 6) is -0.0192. The molecule has 6 rings (SSSR count). The van der Waals surface area contributed by atoms with Crippen molar-refractivity contribution in [3.63, 3.8) is 0 Å². The van der Waals surface area contributed by atoms with E-state index in [0.717, 1.165) is 16.9 Å². The quantitative estimate of drug-likeness (QED) is 0.0364. The number of para-hydroxylation sites is 1. The van der Waals surface area contributed by atoms with Gasteiger partial charge in [0, 0.05) is 30.6 Å². The lowest BCUT2D eigenvalue weighted by Gasteiger charge is -2.37. The van der Waals surface area contributed by atoms with E-state index in [2.05, 4.69) is 83.5 Å². The fourth-order valence-corrected chi connectivity index (χ4v) is 8.68. The van der Waals surface area contributed by atoms with E-state index in [1.165, 1.54) is 16.7 Å². The lowest BCUT2D eigenvalue weighted by atomic mass is 9.84. The molecule has 0 saturated heterocycles. The van der Waals surface area contributed by atoms with Crippen LogP contribution in [-0.4, -0.2) is 53.5 Å². The number of nitrogens with zero attached hydrogens (tertiary/aromatic N) is 1. The fourth-order valence-electron chi connectivity index (χ4n) is 7.19. The standard InChI is InChI=1S/C46H51N5O5S/c1-45(2,3)56-44(54)50-51(28-14-30-57-46(33-15-7-4-8-16-33,34-17-9-5-10-18-34)35-19-11-6-12-20-35)40-27-29-55-41-37(40)21-13-22-38(41)43(53)49-39(42(48)52)31-32-23-25-36(47)26-24-32/h4-13,15-26,39-40H,14,27-31,47H2,1-3H3,(H2,48,52)(H,49,53)(H,50,54)/t39-,40-/m0/s1. The summed E-state index contributed by atoms with van der Waals surface area (Å²) in [6.07, 6.45) is 0.874. The fraction of sp³-hybridized carbons (Fsp3) is 0.283. The van der Waals surface area contributed by atoms with Crippen molar-refractivity contribution in [2.75, 3.05) is 24.6 Å². The number of fused-ring (bicyclic) bond motifs is 1. The second-order valence-electron chi connectivity index (χ2n) is 15.0. The second-order valence-corrected chi connectivity index (χ2v) is 16.3. The van der Waals surface area contributed by atoms with Crippen molar-refractivity contribution in [1.82, 2.24) is 15.8 Å². The molecule has 0 aromatic heterocycles. The molecule has 0 aliphatic carbocycles. The number of primary amides is 1. The SMILES string of the molecule is CC(C)(C)OC(=O)NN(CCCSC(c1ccccc1)(c1ccccc1)c1ccccc1)[C@H]1CCOc2c(C(=O)N[C@@H](Cc3ccc(N)cc3)C(N)=O)cccc21. The Morgan fingerprint density at radius 1 is 0.825 bits per heavy atom. The van der Waals surface area contributed by atoms with Crippen LogP contribution < -0.4 is 26.9 Å². The number of carbonyl (C=O) groups is 3. The molecular weight excluding hydrogens is 735 g/mol. The van der Waals surface area contributed by atoms with Crippen molar-refractivity contribution >= 4 is 35.4 Å². The predicted molar refractivity (Wildman–Crippen MR) is 227 cm³/mol. The molecule has 11 heteroatoms. The van der Waals surface area contributed by atoms with Crippen LogP contribution in [0.15, 0.2) is 133 Å². The molecule has 2 atom stereocenters. The number of nitrogens with two attached hydrogens (primary N) is 2. The summed E-state index contributed by atoms with van der Waals surface area (Å²) in [6, 6.07) is 42.8. The van der Waals surface area contributed by atoms with Crippen LogP contribution in [0.25, 0.3) is 0 Å². The summed E-state index contributed by atoms with van der Waals surface area (Å²) in [4.78, 5) is 39.7. The number of nitrogens with one attached hydrogen (secondary N) is 2. The van der Waals surface area contributed by atoms with Crippen LogP contribution in [0.1, 0.15) is 77.8 Å². The van der Waals surface area contributed by atoms with Gasteiger partial charge in [-0.25, -0.2) is 9.80 Å². The first-order valence-corrected chi connectivity index (χ1v) is 20.2. The van der Waals surface area contributed by atoms with E-state index in [4.69, 9.17) is 20.9 Å². The average molecular weight is 786 g/mol. The van der Waals surface area contributed by atoms with Gasteiger partial charge in [-0.15, -0.1) is 11.8 Å². The van der Waals surface area contributed by atoms with E-state index < -0.39 is 34.3 Å². The van der Waals surface area contributed by atoms with Gasteiger partial charge in [-0.3, -0.25) is 15.0 Å². The molecule has 0 saturated carbocycles. The molecule has 0 spiro atoms. The van der Waals surface area contributed by atoms with Crippen LogP contribution >= 0.6 is 11.8 Å². The smallest absolute Gasteiger partial charge is 0.422 e. The average Bonchev–Trinajstić information content (AvgIpc) is 3.21. The highest BCUT2D eigenvalue weighted by Crippen LogP contribution is 2.48. The number of nitrogen functional groups attached to an aromatic ring is 1. The summed E-state index contributed by atoms with van der Waals surface area (Å²) in [5.41, 5.74) is 19.8. The molecule has 57 heavy (non-hydrogen) atoms. The summed E-state index contributed by atoms with van der Waals surface area (Å²) in [5, 5.41) is 4.72. The van der Waals surface area contributed by atoms with E-state index in [1.807, 2.05) is 61.8 Å². The highest BCUT2D eigenvalue weighted by atomic mass is 32.2. The molecule has 1 aliphatic rings. The zero-order valence-electron chi connectivity index (χ0n) is 32.7. The minimum absolute atomic E-state index is 0.200. The molecule has 6 N–H and O–H groups in total. The van der Waals surface area contributed by atoms with Crippen LogP contribution in [0.3, 0.4) is 0 Å². The van der Waals surface area contributed by atoms with Gasteiger partial charge in [0.1, 0.15) is 17.4 Å².